The summed E-state index contributed by atoms with van der Waals surface area (Å²) in [6.45, 7) is 8.26. The fourth-order valence-corrected chi connectivity index (χ4v) is 2.12. The van der Waals surface area contributed by atoms with Gasteiger partial charge in [-0.05, 0) is 34.1 Å². The number of hydrogen-bond donors (Lipinski definition) is 1. The predicted octanol–water partition coefficient (Wildman–Crippen LogP) is 4.49. The molecule has 0 unspecified atom stereocenters. The van der Waals surface area contributed by atoms with E-state index in [0.717, 1.165) is 12.8 Å². The summed E-state index contributed by atoms with van der Waals surface area (Å²) in [6, 6.07) is 0. The van der Waals surface area contributed by atoms with Gasteiger partial charge in [0.25, 0.3) is 0 Å². The Balaban J connectivity index is 0.000000360. The zero-order valence-electron chi connectivity index (χ0n) is 10.7. The molecule has 2 nitrogen and oxygen atoms in total. The third-order valence-electron chi connectivity index (χ3n) is 2.83. The van der Waals surface area contributed by atoms with E-state index in [4.69, 9.17) is 0 Å². The number of hydroxylamine groups is 2. The second kappa shape index (κ2) is 3.96. The molecule has 0 radical (unpaired) electrons. The molecule has 1 rings (SSSR count). The molecule has 1 N–H and O–H groups in total. The zero-order valence-corrected chi connectivity index (χ0v) is 11.6. The first-order valence-corrected chi connectivity index (χ1v) is 7.45. The van der Waals surface area contributed by atoms with Crippen molar-refractivity contribution >= 4 is 7.81 Å². The monoisotopic (exact) mass is 302 g/mol. The van der Waals surface area contributed by atoms with E-state index >= 15 is 0 Å². The summed E-state index contributed by atoms with van der Waals surface area (Å²) in [5, 5.41) is 12.2. The van der Waals surface area contributed by atoms with Crippen LogP contribution in [0.3, 0.4) is 0 Å². The first-order chi connectivity index (χ1) is 7.31. The van der Waals surface area contributed by atoms with Gasteiger partial charge >= 0.3 is 33.0 Å². The SMILES string of the molecule is CC1(C)CCCC(C)(C)[NH+]1[O-].F[P-](F)(F)(F)(F)F. The van der Waals surface area contributed by atoms with Crippen molar-refractivity contribution in [1.29, 1.82) is 0 Å². The molecule has 0 aromatic rings. The molecule has 0 aromatic heterocycles. The number of rotatable bonds is 0. The molecule has 0 bridgehead atoms. The molecule has 1 aliphatic rings. The van der Waals surface area contributed by atoms with E-state index in [1.165, 1.54) is 6.42 Å². The Morgan fingerprint density at radius 3 is 1.22 bits per heavy atom. The van der Waals surface area contributed by atoms with Crippen molar-refractivity contribution in [1.82, 2.24) is 0 Å². The molecule has 18 heavy (non-hydrogen) atoms. The third kappa shape index (κ3) is 8.94. The molecule has 114 valence electrons. The third-order valence-corrected chi connectivity index (χ3v) is 2.83. The quantitative estimate of drug-likeness (QED) is 0.398. The molecule has 0 amide bonds. The Hall–Kier alpha value is -0.0700. The van der Waals surface area contributed by atoms with Gasteiger partial charge in [-0.15, -0.1) is 0 Å². The molecule has 9 heteroatoms. The Morgan fingerprint density at radius 1 is 0.833 bits per heavy atom. The fraction of sp³-hybridized carbons (Fsp3) is 1.00. The molecule has 1 aliphatic heterocycles. The predicted molar refractivity (Wildman–Crippen MR) is 59.9 cm³/mol. The summed E-state index contributed by atoms with van der Waals surface area (Å²) < 4.78 is 59.2. The van der Waals surface area contributed by atoms with Crippen molar-refractivity contribution in [2.75, 3.05) is 0 Å². The summed E-state index contributed by atoms with van der Waals surface area (Å²) in [5.41, 5.74) is -0.135. The van der Waals surface area contributed by atoms with Gasteiger partial charge in [-0.2, -0.15) is 0 Å². The van der Waals surface area contributed by atoms with Gasteiger partial charge in [-0.1, -0.05) is 0 Å². The minimum absolute atomic E-state index is 0.0677. The molecule has 1 heterocycles. The normalized spacial score (nSPS) is 27.5. The van der Waals surface area contributed by atoms with E-state index in [-0.39, 0.29) is 11.1 Å². The van der Waals surface area contributed by atoms with Gasteiger partial charge in [0.15, 0.2) is 0 Å². The Kier molecular flexibility index (Phi) is 3.95. The molecule has 0 aliphatic carbocycles. The maximum atomic E-state index is 11.8. The number of nitrogens with one attached hydrogen (secondary N) is 1. The molecule has 0 spiro atoms. The molecular weight excluding hydrogens is 283 g/mol. The van der Waals surface area contributed by atoms with Crippen molar-refractivity contribution in [3.05, 3.63) is 5.21 Å². The topological polar surface area (TPSA) is 27.5 Å². The second-order valence-corrected chi connectivity index (χ2v) is 7.83. The van der Waals surface area contributed by atoms with Gasteiger partial charge in [0.1, 0.15) is 0 Å². The average molecular weight is 302 g/mol. The Bertz CT molecular complexity index is 281. The summed E-state index contributed by atoms with van der Waals surface area (Å²) in [6.07, 6.45) is 3.33. The van der Waals surface area contributed by atoms with Crippen LogP contribution in [0.15, 0.2) is 0 Å². The summed E-state index contributed by atoms with van der Waals surface area (Å²) in [5.74, 6) is 0. The standard InChI is InChI=1S/C9H19NO.F6P/c1-8(2)6-5-7-9(3,4)10(8)11;1-7(2,3,4,5)6/h10H,5-7H2,1-4H3;/q;-1. The van der Waals surface area contributed by atoms with E-state index in [1.807, 2.05) is 0 Å². The first kappa shape index (κ1) is 17.9. The van der Waals surface area contributed by atoms with Crippen molar-refractivity contribution in [2.24, 2.45) is 0 Å². The minimum atomic E-state index is -10.7. The van der Waals surface area contributed by atoms with Crippen LogP contribution in [0.5, 0.6) is 0 Å². The van der Waals surface area contributed by atoms with Crippen LogP contribution in [0.25, 0.3) is 0 Å². The molecular formula is C9H19F6NOP-. The van der Waals surface area contributed by atoms with Crippen molar-refractivity contribution in [3.8, 4) is 0 Å². The van der Waals surface area contributed by atoms with E-state index in [1.54, 1.807) is 0 Å². The van der Waals surface area contributed by atoms with Gasteiger partial charge in [0, 0.05) is 12.8 Å². The molecule has 0 saturated carbocycles. The number of hydrogen-bond acceptors (Lipinski definition) is 1. The van der Waals surface area contributed by atoms with Gasteiger partial charge < -0.3 is 10.3 Å². The zero-order chi connectivity index (χ0) is 15.1. The van der Waals surface area contributed by atoms with Crippen LogP contribution >= 0.6 is 7.81 Å². The Labute approximate surface area is 102 Å². The van der Waals surface area contributed by atoms with Gasteiger partial charge in [0.2, 0.25) is 0 Å². The fourth-order valence-electron chi connectivity index (χ4n) is 2.12. The van der Waals surface area contributed by atoms with Crippen LogP contribution in [-0.4, -0.2) is 11.1 Å². The number of halogens is 6. The van der Waals surface area contributed by atoms with Crippen LogP contribution in [0.2, 0.25) is 0 Å². The molecule has 0 aromatic carbocycles. The van der Waals surface area contributed by atoms with Crippen LogP contribution in [-0.2, 0) is 0 Å². The first-order valence-electron chi connectivity index (χ1n) is 5.43. The molecule has 1 saturated heterocycles. The maximum absolute atomic E-state index is 11.8. The summed E-state index contributed by atoms with van der Waals surface area (Å²) in [4.78, 5) is 0. The van der Waals surface area contributed by atoms with E-state index in [0.29, 0.717) is 5.06 Å². The van der Waals surface area contributed by atoms with Crippen molar-refractivity contribution in [2.45, 2.75) is 58.0 Å². The average Bonchev–Trinajstić information content (AvgIpc) is 1.93. The van der Waals surface area contributed by atoms with Crippen LogP contribution in [0.4, 0.5) is 25.2 Å². The Morgan fingerprint density at radius 2 is 1.06 bits per heavy atom. The number of quaternary nitrogens is 1. The van der Waals surface area contributed by atoms with E-state index in [2.05, 4.69) is 27.7 Å². The van der Waals surface area contributed by atoms with Gasteiger partial charge in [-0.3, -0.25) is 0 Å². The molecule has 0 atom stereocenters. The van der Waals surface area contributed by atoms with Crippen molar-refractivity contribution < 1.29 is 30.2 Å². The summed E-state index contributed by atoms with van der Waals surface area (Å²) >= 11 is 0. The van der Waals surface area contributed by atoms with E-state index < -0.39 is 7.81 Å². The van der Waals surface area contributed by atoms with E-state index in [9.17, 15) is 30.4 Å². The van der Waals surface area contributed by atoms with Crippen molar-refractivity contribution in [3.63, 3.8) is 0 Å². The van der Waals surface area contributed by atoms with Gasteiger partial charge in [0.05, 0.1) is 11.1 Å². The van der Waals surface area contributed by atoms with Gasteiger partial charge in [-0.25, -0.2) is 0 Å². The van der Waals surface area contributed by atoms with Crippen LogP contribution in [0, 0.1) is 5.21 Å². The number of piperidine rings is 1. The summed E-state index contributed by atoms with van der Waals surface area (Å²) in [7, 11) is -10.7. The van der Waals surface area contributed by atoms with Crippen LogP contribution in [0.1, 0.15) is 47.0 Å². The second-order valence-electron chi connectivity index (χ2n) is 5.91. The molecule has 1 fully saturated rings. The van der Waals surface area contributed by atoms with Crippen LogP contribution < -0.4 is 5.06 Å².